The zero-order valence-corrected chi connectivity index (χ0v) is 14.7. The third kappa shape index (κ3) is 3.90. The predicted octanol–water partition coefficient (Wildman–Crippen LogP) is 3.03. The Bertz CT molecular complexity index is 756. The van der Waals surface area contributed by atoms with Gasteiger partial charge in [0.1, 0.15) is 6.04 Å². The van der Waals surface area contributed by atoms with Gasteiger partial charge in [0, 0.05) is 18.7 Å². The first-order chi connectivity index (χ1) is 12.1. The van der Waals surface area contributed by atoms with Crippen molar-refractivity contribution in [3.63, 3.8) is 0 Å². The second-order valence-corrected chi connectivity index (χ2v) is 6.84. The van der Waals surface area contributed by atoms with Crippen LogP contribution in [0.2, 0.25) is 0 Å². The van der Waals surface area contributed by atoms with Crippen LogP contribution in [0.3, 0.4) is 0 Å². The minimum atomic E-state index is -0.516. The molecule has 0 saturated carbocycles. The van der Waals surface area contributed by atoms with Gasteiger partial charge in [0.25, 0.3) is 5.91 Å². The van der Waals surface area contributed by atoms with Gasteiger partial charge in [-0.1, -0.05) is 56.3 Å². The van der Waals surface area contributed by atoms with Crippen LogP contribution in [-0.4, -0.2) is 29.3 Å². The standard InChI is InChI=1S/C21H24N2O2/c1-15(2)19(22-20(24)17-9-4-3-5-10-17)21(25)23-13-12-16-8-6-7-11-18(16)14-23/h3-11,15,19H,12-14H2,1-2H3,(H,22,24). The fourth-order valence-electron chi connectivity index (χ4n) is 3.21. The third-order valence-electron chi connectivity index (χ3n) is 4.70. The first kappa shape index (κ1) is 17.2. The third-order valence-corrected chi connectivity index (χ3v) is 4.70. The Morgan fingerprint density at radius 1 is 0.960 bits per heavy atom. The van der Waals surface area contributed by atoms with Crippen molar-refractivity contribution in [1.29, 1.82) is 0 Å². The summed E-state index contributed by atoms with van der Waals surface area (Å²) in [5.74, 6) is -0.184. The second kappa shape index (κ2) is 7.51. The highest BCUT2D eigenvalue weighted by Gasteiger charge is 2.30. The van der Waals surface area contributed by atoms with Crippen LogP contribution in [-0.2, 0) is 17.8 Å². The number of nitrogens with one attached hydrogen (secondary N) is 1. The maximum Gasteiger partial charge on any atom is 0.251 e. The molecule has 1 unspecified atom stereocenters. The Labute approximate surface area is 148 Å². The maximum atomic E-state index is 13.0. The molecule has 0 spiro atoms. The van der Waals surface area contributed by atoms with Crippen molar-refractivity contribution in [2.75, 3.05) is 6.54 Å². The molecule has 2 aromatic carbocycles. The molecular weight excluding hydrogens is 312 g/mol. The fraction of sp³-hybridized carbons (Fsp3) is 0.333. The van der Waals surface area contributed by atoms with E-state index in [9.17, 15) is 9.59 Å². The van der Waals surface area contributed by atoms with Crippen LogP contribution in [0, 0.1) is 5.92 Å². The molecule has 0 aromatic heterocycles. The van der Waals surface area contributed by atoms with E-state index < -0.39 is 6.04 Å². The van der Waals surface area contributed by atoms with Crippen LogP contribution in [0.15, 0.2) is 54.6 Å². The first-order valence-corrected chi connectivity index (χ1v) is 8.77. The molecule has 4 heteroatoms. The molecule has 0 saturated heterocycles. The molecule has 1 aliphatic rings. The molecule has 1 aliphatic heterocycles. The summed E-state index contributed by atoms with van der Waals surface area (Å²) < 4.78 is 0. The second-order valence-electron chi connectivity index (χ2n) is 6.84. The number of rotatable bonds is 4. The molecule has 1 heterocycles. The van der Waals surface area contributed by atoms with Gasteiger partial charge in [-0.25, -0.2) is 0 Å². The molecule has 0 fully saturated rings. The number of amides is 2. The summed E-state index contributed by atoms with van der Waals surface area (Å²) in [6.45, 7) is 5.23. The molecule has 0 bridgehead atoms. The molecular formula is C21H24N2O2. The van der Waals surface area contributed by atoms with Crippen molar-refractivity contribution < 1.29 is 9.59 Å². The minimum absolute atomic E-state index is 0.00576. The average Bonchev–Trinajstić information content (AvgIpc) is 2.65. The molecule has 2 amide bonds. The predicted molar refractivity (Wildman–Crippen MR) is 98.1 cm³/mol. The summed E-state index contributed by atoms with van der Waals surface area (Å²) in [5, 5.41) is 2.92. The van der Waals surface area contributed by atoms with Crippen molar-refractivity contribution in [2.24, 2.45) is 5.92 Å². The maximum absolute atomic E-state index is 13.0. The smallest absolute Gasteiger partial charge is 0.251 e. The molecule has 1 atom stereocenters. The topological polar surface area (TPSA) is 49.4 Å². The van der Waals surface area contributed by atoms with Gasteiger partial charge in [-0.15, -0.1) is 0 Å². The summed E-state index contributed by atoms with van der Waals surface area (Å²) in [6.07, 6.45) is 0.860. The summed E-state index contributed by atoms with van der Waals surface area (Å²) in [5.41, 5.74) is 3.07. The van der Waals surface area contributed by atoms with Crippen molar-refractivity contribution >= 4 is 11.8 Å². The Morgan fingerprint density at radius 3 is 2.28 bits per heavy atom. The summed E-state index contributed by atoms with van der Waals surface area (Å²) >= 11 is 0. The van der Waals surface area contributed by atoms with Crippen LogP contribution in [0.25, 0.3) is 0 Å². The summed E-state index contributed by atoms with van der Waals surface area (Å²) in [6, 6.07) is 16.7. The highest BCUT2D eigenvalue weighted by atomic mass is 16.2. The van der Waals surface area contributed by atoms with Gasteiger partial charge in [0.15, 0.2) is 0 Å². The van der Waals surface area contributed by atoms with Gasteiger partial charge in [-0.2, -0.15) is 0 Å². The van der Waals surface area contributed by atoms with E-state index in [0.29, 0.717) is 18.7 Å². The number of carbonyl (C=O) groups is 2. The van der Waals surface area contributed by atoms with E-state index in [2.05, 4.69) is 17.4 Å². The molecule has 25 heavy (non-hydrogen) atoms. The molecule has 3 rings (SSSR count). The van der Waals surface area contributed by atoms with E-state index in [1.54, 1.807) is 12.1 Å². The van der Waals surface area contributed by atoms with Gasteiger partial charge in [-0.3, -0.25) is 9.59 Å². The van der Waals surface area contributed by atoms with Gasteiger partial charge < -0.3 is 10.2 Å². The number of fused-ring (bicyclic) bond motifs is 1. The number of hydrogen-bond donors (Lipinski definition) is 1. The zero-order chi connectivity index (χ0) is 17.8. The van der Waals surface area contributed by atoms with E-state index in [1.165, 1.54) is 11.1 Å². The van der Waals surface area contributed by atoms with Crippen LogP contribution in [0.4, 0.5) is 0 Å². The van der Waals surface area contributed by atoms with E-state index in [1.807, 2.05) is 49.1 Å². The van der Waals surface area contributed by atoms with Gasteiger partial charge in [0.05, 0.1) is 0 Å². The van der Waals surface area contributed by atoms with Gasteiger partial charge in [-0.05, 0) is 35.6 Å². The van der Waals surface area contributed by atoms with E-state index in [4.69, 9.17) is 0 Å². The first-order valence-electron chi connectivity index (χ1n) is 8.77. The van der Waals surface area contributed by atoms with E-state index >= 15 is 0 Å². The summed E-state index contributed by atoms with van der Waals surface area (Å²) in [4.78, 5) is 27.4. The van der Waals surface area contributed by atoms with Crippen LogP contribution < -0.4 is 5.32 Å². The lowest BCUT2D eigenvalue weighted by atomic mass is 9.97. The molecule has 130 valence electrons. The molecule has 4 nitrogen and oxygen atoms in total. The highest BCUT2D eigenvalue weighted by Crippen LogP contribution is 2.20. The monoisotopic (exact) mass is 336 g/mol. The van der Waals surface area contributed by atoms with Crippen LogP contribution >= 0.6 is 0 Å². The van der Waals surface area contributed by atoms with Crippen molar-refractivity contribution in [3.8, 4) is 0 Å². The number of nitrogens with zero attached hydrogens (tertiary/aromatic N) is 1. The SMILES string of the molecule is CC(C)C(NC(=O)c1ccccc1)C(=O)N1CCc2ccccc2C1. The summed E-state index contributed by atoms with van der Waals surface area (Å²) in [7, 11) is 0. The number of benzene rings is 2. The largest absolute Gasteiger partial charge is 0.340 e. The Kier molecular flexibility index (Phi) is 5.17. The van der Waals surface area contributed by atoms with Crippen molar-refractivity contribution in [2.45, 2.75) is 32.9 Å². The lowest BCUT2D eigenvalue weighted by Crippen LogP contribution is -2.52. The zero-order valence-electron chi connectivity index (χ0n) is 14.7. The Hall–Kier alpha value is -2.62. The fourth-order valence-corrected chi connectivity index (χ4v) is 3.21. The van der Waals surface area contributed by atoms with Crippen molar-refractivity contribution in [3.05, 3.63) is 71.3 Å². The molecule has 2 aromatic rings. The molecule has 0 radical (unpaired) electrons. The quantitative estimate of drug-likeness (QED) is 0.933. The van der Waals surface area contributed by atoms with E-state index in [0.717, 1.165) is 6.42 Å². The lowest BCUT2D eigenvalue weighted by Gasteiger charge is -2.33. The normalized spacial score (nSPS) is 14.8. The minimum Gasteiger partial charge on any atom is -0.340 e. The van der Waals surface area contributed by atoms with Crippen molar-refractivity contribution in [1.82, 2.24) is 10.2 Å². The number of carbonyl (C=O) groups excluding carboxylic acids is 2. The lowest BCUT2D eigenvalue weighted by molar-refractivity contribution is -0.135. The van der Waals surface area contributed by atoms with Crippen LogP contribution in [0.5, 0.6) is 0 Å². The Balaban J connectivity index is 1.73. The average molecular weight is 336 g/mol. The molecule has 1 N–H and O–H groups in total. The number of hydrogen-bond acceptors (Lipinski definition) is 2. The highest BCUT2D eigenvalue weighted by molar-refractivity contribution is 5.97. The molecule has 0 aliphatic carbocycles. The van der Waals surface area contributed by atoms with Gasteiger partial charge in [0.2, 0.25) is 5.91 Å². The van der Waals surface area contributed by atoms with Crippen LogP contribution in [0.1, 0.15) is 35.3 Å². The Morgan fingerprint density at radius 2 is 1.60 bits per heavy atom. The van der Waals surface area contributed by atoms with E-state index in [-0.39, 0.29) is 17.7 Å². The van der Waals surface area contributed by atoms with Gasteiger partial charge >= 0.3 is 0 Å².